The van der Waals surface area contributed by atoms with Crippen molar-refractivity contribution in [3.05, 3.63) is 35.9 Å². The fraction of sp³-hybridized carbons (Fsp3) is 0.167. The highest BCUT2D eigenvalue weighted by molar-refractivity contribution is 7.98. The van der Waals surface area contributed by atoms with Gasteiger partial charge in [-0.15, -0.1) is 22.0 Å². The summed E-state index contributed by atoms with van der Waals surface area (Å²) in [5.41, 5.74) is 5.83. The van der Waals surface area contributed by atoms with Gasteiger partial charge in [0.2, 0.25) is 0 Å². The number of aromatic nitrogens is 2. The fourth-order valence-electron chi connectivity index (χ4n) is 1.58. The van der Waals surface area contributed by atoms with E-state index in [4.69, 9.17) is 5.73 Å². The maximum absolute atomic E-state index is 12.8. The fourth-order valence-corrected chi connectivity index (χ4v) is 2.23. The van der Waals surface area contributed by atoms with Crippen LogP contribution in [0.3, 0.4) is 0 Å². The normalized spacial score (nSPS) is 11.6. The molecule has 0 unspecified atom stereocenters. The number of thioether (sulfide) groups is 1. The third kappa shape index (κ3) is 2.98. The van der Waals surface area contributed by atoms with Gasteiger partial charge in [-0.25, -0.2) is 0 Å². The average molecular weight is 285 g/mol. The lowest BCUT2D eigenvalue weighted by molar-refractivity contribution is -0.139. The number of rotatable bonds is 2. The lowest BCUT2D eigenvalue weighted by Crippen LogP contribution is -2.06. The van der Waals surface area contributed by atoms with E-state index in [1.165, 1.54) is 12.1 Å². The zero-order chi connectivity index (χ0) is 14.0. The van der Waals surface area contributed by atoms with Crippen LogP contribution in [-0.4, -0.2) is 16.5 Å². The van der Waals surface area contributed by atoms with Gasteiger partial charge < -0.3 is 5.73 Å². The van der Waals surface area contributed by atoms with Gasteiger partial charge in [0.15, 0.2) is 0 Å². The van der Waals surface area contributed by atoms with Crippen LogP contribution in [0.4, 0.5) is 19.0 Å². The summed E-state index contributed by atoms with van der Waals surface area (Å²) in [5, 5.41) is 7.53. The van der Waals surface area contributed by atoms with Crippen LogP contribution in [0.5, 0.6) is 0 Å². The molecule has 2 aromatic rings. The lowest BCUT2D eigenvalue weighted by atomic mass is 10.1. The molecule has 2 N–H and O–H groups in total. The topological polar surface area (TPSA) is 51.8 Å². The first-order valence-electron chi connectivity index (χ1n) is 5.26. The molecule has 0 bridgehead atoms. The summed E-state index contributed by atoms with van der Waals surface area (Å²) >= 11 is 1.04. The highest BCUT2D eigenvalue weighted by Gasteiger charge is 2.33. The lowest BCUT2D eigenvalue weighted by Gasteiger charge is -2.12. The van der Waals surface area contributed by atoms with E-state index in [1.807, 2.05) is 0 Å². The Morgan fingerprint density at radius 1 is 1.11 bits per heavy atom. The predicted molar refractivity (Wildman–Crippen MR) is 68.7 cm³/mol. The van der Waals surface area contributed by atoms with Crippen LogP contribution in [-0.2, 0) is 6.18 Å². The van der Waals surface area contributed by atoms with Crippen LogP contribution in [0, 0.1) is 0 Å². The number of nitrogens with two attached hydrogens (primary N) is 1. The highest BCUT2D eigenvalue weighted by atomic mass is 32.2. The van der Waals surface area contributed by atoms with Gasteiger partial charge in [-0.1, -0.05) is 6.07 Å². The first-order valence-corrected chi connectivity index (χ1v) is 6.49. The van der Waals surface area contributed by atoms with E-state index in [0.717, 1.165) is 17.8 Å². The monoisotopic (exact) mass is 285 g/mol. The van der Waals surface area contributed by atoms with Crippen molar-refractivity contribution in [2.45, 2.75) is 11.1 Å². The molecule has 0 fully saturated rings. The first-order chi connectivity index (χ1) is 8.91. The maximum atomic E-state index is 12.8. The van der Waals surface area contributed by atoms with E-state index in [9.17, 15) is 13.2 Å². The second-order valence-electron chi connectivity index (χ2n) is 3.76. The minimum absolute atomic E-state index is 0.156. The summed E-state index contributed by atoms with van der Waals surface area (Å²) in [6.07, 6.45) is -2.76. The Morgan fingerprint density at radius 2 is 1.84 bits per heavy atom. The van der Waals surface area contributed by atoms with Crippen LogP contribution in [0.15, 0.2) is 35.2 Å². The largest absolute Gasteiger partial charge is 0.417 e. The Kier molecular flexibility index (Phi) is 3.66. The molecule has 0 saturated heterocycles. The van der Waals surface area contributed by atoms with Crippen LogP contribution >= 0.6 is 11.8 Å². The third-order valence-corrected chi connectivity index (χ3v) is 3.27. The van der Waals surface area contributed by atoms with Crippen molar-refractivity contribution in [2.24, 2.45) is 0 Å². The average Bonchev–Trinajstić information content (AvgIpc) is 2.38. The van der Waals surface area contributed by atoms with Crippen molar-refractivity contribution in [3.8, 4) is 11.3 Å². The standard InChI is InChI=1S/C12H10F3N3S/c1-19-10-6-7(2-3-8(10)12(13,14)15)9-4-5-11(16)18-17-9/h2-6H,1H3,(H2,16,18). The van der Waals surface area contributed by atoms with Gasteiger partial charge >= 0.3 is 6.18 Å². The van der Waals surface area contributed by atoms with Gasteiger partial charge in [-0.3, -0.25) is 0 Å². The van der Waals surface area contributed by atoms with Crippen molar-refractivity contribution in [2.75, 3.05) is 12.0 Å². The Bertz CT molecular complexity index is 582. The molecule has 1 aromatic carbocycles. The summed E-state index contributed by atoms with van der Waals surface area (Å²) in [5.74, 6) is 0.265. The molecule has 19 heavy (non-hydrogen) atoms. The molecule has 0 spiro atoms. The second-order valence-corrected chi connectivity index (χ2v) is 4.60. The Balaban J connectivity index is 2.47. The van der Waals surface area contributed by atoms with Gasteiger partial charge in [0.25, 0.3) is 0 Å². The summed E-state index contributed by atoms with van der Waals surface area (Å²) < 4.78 is 38.3. The highest BCUT2D eigenvalue weighted by Crippen LogP contribution is 2.37. The number of nitrogen functional groups attached to an aromatic ring is 1. The predicted octanol–water partition coefficient (Wildman–Crippen LogP) is 3.47. The molecular weight excluding hydrogens is 275 g/mol. The Morgan fingerprint density at radius 3 is 2.37 bits per heavy atom. The van der Waals surface area contributed by atoms with Gasteiger partial charge in [0.1, 0.15) is 5.82 Å². The SMILES string of the molecule is CSc1cc(-c2ccc(N)nn2)ccc1C(F)(F)F. The number of halogens is 3. The molecule has 1 heterocycles. The number of nitrogens with zero attached hydrogens (tertiary/aromatic N) is 2. The summed E-state index contributed by atoms with van der Waals surface area (Å²) in [4.78, 5) is 0.156. The van der Waals surface area contributed by atoms with E-state index in [0.29, 0.717) is 11.3 Å². The van der Waals surface area contributed by atoms with E-state index in [2.05, 4.69) is 10.2 Å². The Hall–Kier alpha value is -1.76. The zero-order valence-corrected chi connectivity index (χ0v) is 10.7. The number of benzene rings is 1. The molecule has 0 atom stereocenters. The minimum atomic E-state index is -4.36. The zero-order valence-electron chi connectivity index (χ0n) is 9.90. The molecule has 3 nitrogen and oxygen atoms in total. The quantitative estimate of drug-likeness (QED) is 0.858. The molecule has 0 amide bonds. The molecule has 1 aromatic heterocycles. The molecule has 7 heteroatoms. The van der Waals surface area contributed by atoms with E-state index in [1.54, 1.807) is 18.4 Å². The molecule has 2 rings (SSSR count). The van der Waals surface area contributed by atoms with Crippen molar-refractivity contribution >= 4 is 17.6 Å². The molecule has 0 aliphatic carbocycles. The molecule has 0 aliphatic rings. The Labute approximate surface area is 112 Å². The van der Waals surface area contributed by atoms with Gasteiger partial charge in [0, 0.05) is 10.5 Å². The third-order valence-electron chi connectivity index (χ3n) is 2.49. The molecule has 0 radical (unpaired) electrons. The molecule has 100 valence electrons. The molecule has 0 saturated carbocycles. The number of alkyl halides is 3. The maximum Gasteiger partial charge on any atom is 0.417 e. The number of anilines is 1. The summed E-state index contributed by atoms with van der Waals surface area (Å²) in [6.45, 7) is 0. The number of hydrogen-bond donors (Lipinski definition) is 1. The van der Waals surface area contributed by atoms with Crippen molar-refractivity contribution in [1.82, 2.24) is 10.2 Å². The van der Waals surface area contributed by atoms with E-state index in [-0.39, 0.29) is 10.7 Å². The second kappa shape index (κ2) is 5.08. The molecule has 0 aliphatic heterocycles. The smallest absolute Gasteiger partial charge is 0.382 e. The van der Waals surface area contributed by atoms with Crippen LogP contribution in [0.2, 0.25) is 0 Å². The van der Waals surface area contributed by atoms with Crippen molar-refractivity contribution in [1.29, 1.82) is 0 Å². The van der Waals surface area contributed by atoms with Crippen molar-refractivity contribution < 1.29 is 13.2 Å². The van der Waals surface area contributed by atoms with Crippen LogP contribution in [0.25, 0.3) is 11.3 Å². The summed E-state index contributed by atoms with van der Waals surface area (Å²) in [7, 11) is 0. The van der Waals surface area contributed by atoms with E-state index >= 15 is 0 Å². The summed E-state index contributed by atoms with van der Waals surface area (Å²) in [6, 6.07) is 7.06. The van der Waals surface area contributed by atoms with Gasteiger partial charge in [0.05, 0.1) is 11.3 Å². The first kappa shape index (κ1) is 13.7. The number of hydrogen-bond acceptors (Lipinski definition) is 4. The van der Waals surface area contributed by atoms with Crippen molar-refractivity contribution in [3.63, 3.8) is 0 Å². The molecular formula is C12H10F3N3S. The van der Waals surface area contributed by atoms with Crippen LogP contribution < -0.4 is 5.73 Å². The van der Waals surface area contributed by atoms with Crippen LogP contribution in [0.1, 0.15) is 5.56 Å². The van der Waals surface area contributed by atoms with Gasteiger partial charge in [-0.05, 0) is 30.5 Å². The minimum Gasteiger partial charge on any atom is -0.382 e. The van der Waals surface area contributed by atoms with Gasteiger partial charge in [-0.2, -0.15) is 13.2 Å². The van der Waals surface area contributed by atoms with E-state index < -0.39 is 11.7 Å².